The highest BCUT2D eigenvalue weighted by Crippen LogP contribution is 2.00. The summed E-state index contributed by atoms with van der Waals surface area (Å²) in [6.07, 6.45) is 1.56. The van der Waals surface area contributed by atoms with Crippen molar-refractivity contribution in [2.24, 2.45) is 9.98 Å². The van der Waals surface area contributed by atoms with E-state index in [2.05, 4.69) is 9.98 Å². The van der Waals surface area contributed by atoms with Crippen LogP contribution < -0.4 is 0 Å². The van der Waals surface area contributed by atoms with Gasteiger partial charge >= 0.3 is 0 Å². The number of aliphatic imine (C=N–C) groups is 2. The number of hydrogen-bond acceptors (Lipinski definition) is 2. The molecule has 0 radical (unpaired) electrons. The van der Waals surface area contributed by atoms with Crippen LogP contribution in [0.15, 0.2) is 9.98 Å². The highest BCUT2D eigenvalue weighted by atomic mass is 35.5. The van der Waals surface area contributed by atoms with Gasteiger partial charge in [0.1, 0.15) is 6.34 Å². The average molecular weight is 131 g/mol. The van der Waals surface area contributed by atoms with Crippen LogP contribution in [0, 0.1) is 0 Å². The first kappa shape index (κ1) is 5.76. The molecule has 0 aromatic heterocycles. The fraction of sp³-hybridized carbons (Fsp3) is 0.600. The molecule has 0 spiro atoms. The zero-order valence-electron chi connectivity index (χ0n) is 4.63. The Morgan fingerprint density at radius 3 is 2.88 bits per heavy atom. The molecule has 1 aliphatic rings. The van der Waals surface area contributed by atoms with Gasteiger partial charge in [0.25, 0.3) is 0 Å². The molecule has 0 bridgehead atoms. The minimum atomic E-state index is 0.215. The third kappa shape index (κ3) is 0.892. The molecule has 2 nitrogen and oxygen atoms in total. The third-order valence-electron chi connectivity index (χ3n) is 1.13. The Morgan fingerprint density at radius 2 is 2.62 bits per heavy atom. The van der Waals surface area contributed by atoms with Gasteiger partial charge in [0.15, 0.2) is 0 Å². The summed E-state index contributed by atoms with van der Waals surface area (Å²) < 4.78 is 0. The first-order valence-corrected chi connectivity index (χ1v) is 3.02. The average Bonchev–Trinajstić information content (AvgIpc) is 2.14. The predicted molar refractivity (Wildman–Crippen MR) is 36.1 cm³/mol. The molecular formula is C5H7ClN2. The minimum Gasteiger partial charge on any atom is -0.264 e. The van der Waals surface area contributed by atoms with E-state index in [4.69, 9.17) is 11.6 Å². The number of halogens is 1. The third-order valence-corrected chi connectivity index (χ3v) is 1.41. The van der Waals surface area contributed by atoms with Crippen molar-refractivity contribution in [1.29, 1.82) is 0 Å². The van der Waals surface area contributed by atoms with Crippen LogP contribution >= 0.6 is 11.6 Å². The molecule has 1 rings (SSSR count). The van der Waals surface area contributed by atoms with Crippen LogP contribution in [0.2, 0.25) is 0 Å². The lowest BCUT2D eigenvalue weighted by Gasteiger charge is -1.96. The van der Waals surface area contributed by atoms with Crippen molar-refractivity contribution in [2.75, 3.05) is 5.88 Å². The summed E-state index contributed by atoms with van der Waals surface area (Å²) in [6, 6.07) is 0.215. The van der Waals surface area contributed by atoms with Crippen molar-refractivity contribution >= 4 is 23.7 Å². The fourth-order valence-electron chi connectivity index (χ4n) is 0.548. The van der Waals surface area contributed by atoms with Crippen LogP contribution in [0.25, 0.3) is 0 Å². The van der Waals surface area contributed by atoms with Crippen LogP contribution in [0.4, 0.5) is 0 Å². The summed E-state index contributed by atoms with van der Waals surface area (Å²) in [6.45, 7) is 1.98. The van der Waals surface area contributed by atoms with Gasteiger partial charge < -0.3 is 0 Å². The van der Waals surface area contributed by atoms with Crippen molar-refractivity contribution in [3.63, 3.8) is 0 Å². The van der Waals surface area contributed by atoms with Gasteiger partial charge in [-0.25, -0.2) is 4.99 Å². The Labute approximate surface area is 53.3 Å². The van der Waals surface area contributed by atoms with Gasteiger partial charge in [-0.05, 0) is 6.92 Å². The Bertz CT molecular complexity index is 139. The monoisotopic (exact) mass is 130 g/mol. The van der Waals surface area contributed by atoms with Crippen molar-refractivity contribution in [2.45, 2.75) is 13.0 Å². The number of rotatable bonds is 1. The Morgan fingerprint density at radius 1 is 1.88 bits per heavy atom. The topological polar surface area (TPSA) is 24.7 Å². The maximum atomic E-state index is 5.49. The summed E-state index contributed by atoms with van der Waals surface area (Å²) in [4.78, 5) is 7.90. The Kier molecular flexibility index (Phi) is 1.63. The standard InChI is InChI=1S/C5H7ClN2/c1-4-5(2-6)8-3-7-4/h3-4H,2H2,1H3/t4-/m0/s1. The normalized spacial score (nSPS) is 26.2. The maximum absolute atomic E-state index is 5.49. The van der Waals surface area contributed by atoms with E-state index in [1.54, 1.807) is 6.34 Å². The molecule has 3 heteroatoms. The second-order valence-electron chi connectivity index (χ2n) is 1.69. The number of alkyl halides is 1. The largest absolute Gasteiger partial charge is 0.264 e. The lowest BCUT2D eigenvalue weighted by Crippen LogP contribution is -2.11. The van der Waals surface area contributed by atoms with E-state index in [1.165, 1.54) is 0 Å². The molecule has 0 unspecified atom stereocenters. The summed E-state index contributed by atoms with van der Waals surface area (Å²) in [5, 5.41) is 0. The molecular weight excluding hydrogens is 124 g/mol. The Balaban J connectivity index is 2.59. The second-order valence-corrected chi connectivity index (χ2v) is 1.96. The van der Waals surface area contributed by atoms with Gasteiger partial charge in [0.2, 0.25) is 0 Å². The quantitative estimate of drug-likeness (QED) is 0.475. The SMILES string of the molecule is C[C@@H]1N=CN=C1CCl. The molecule has 0 fully saturated rings. The van der Waals surface area contributed by atoms with Gasteiger partial charge in [0.05, 0.1) is 17.6 Å². The second kappa shape index (κ2) is 2.27. The number of hydrogen-bond donors (Lipinski definition) is 0. The molecule has 1 aliphatic heterocycles. The van der Waals surface area contributed by atoms with Crippen molar-refractivity contribution < 1.29 is 0 Å². The van der Waals surface area contributed by atoms with E-state index in [1.807, 2.05) is 6.92 Å². The van der Waals surface area contributed by atoms with Crippen LogP contribution in [-0.4, -0.2) is 24.0 Å². The lowest BCUT2D eigenvalue weighted by molar-refractivity contribution is 0.999. The molecule has 0 aromatic carbocycles. The van der Waals surface area contributed by atoms with E-state index >= 15 is 0 Å². The minimum absolute atomic E-state index is 0.215. The van der Waals surface area contributed by atoms with E-state index in [9.17, 15) is 0 Å². The fourth-order valence-corrected chi connectivity index (χ4v) is 0.840. The summed E-state index contributed by atoms with van der Waals surface area (Å²) in [5.41, 5.74) is 0.965. The van der Waals surface area contributed by atoms with Gasteiger partial charge in [0, 0.05) is 0 Å². The maximum Gasteiger partial charge on any atom is 0.110 e. The molecule has 0 amide bonds. The first-order valence-electron chi connectivity index (χ1n) is 2.49. The van der Waals surface area contributed by atoms with Gasteiger partial charge in [-0.3, -0.25) is 4.99 Å². The van der Waals surface area contributed by atoms with Crippen LogP contribution in [0.5, 0.6) is 0 Å². The van der Waals surface area contributed by atoms with E-state index in [-0.39, 0.29) is 6.04 Å². The van der Waals surface area contributed by atoms with Crippen molar-refractivity contribution in [3.05, 3.63) is 0 Å². The van der Waals surface area contributed by atoms with Gasteiger partial charge in [-0.15, -0.1) is 11.6 Å². The molecule has 1 atom stereocenters. The zero-order chi connectivity index (χ0) is 5.98. The van der Waals surface area contributed by atoms with Crippen LogP contribution in [0.1, 0.15) is 6.92 Å². The molecule has 44 valence electrons. The summed E-state index contributed by atoms with van der Waals surface area (Å²) >= 11 is 5.49. The molecule has 0 saturated carbocycles. The van der Waals surface area contributed by atoms with Crippen LogP contribution in [-0.2, 0) is 0 Å². The zero-order valence-corrected chi connectivity index (χ0v) is 5.39. The summed E-state index contributed by atoms with van der Waals surface area (Å²) in [5.74, 6) is 0.501. The van der Waals surface area contributed by atoms with Crippen LogP contribution in [0.3, 0.4) is 0 Å². The predicted octanol–water partition coefficient (Wildman–Crippen LogP) is 1.10. The highest BCUT2D eigenvalue weighted by molar-refractivity contribution is 6.30. The van der Waals surface area contributed by atoms with Crippen molar-refractivity contribution in [1.82, 2.24) is 0 Å². The van der Waals surface area contributed by atoms with E-state index < -0.39 is 0 Å². The smallest absolute Gasteiger partial charge is 0.110 e. The van der Waals surface area contributed by atoms with Crippen molar-refractivity contribution in [3.8, 4) is 0 Å². The first-order chi connectivity index (χ1) is 3.84. The molecule has 8 heavy (non-hydrogen) atoms. The molecule has 0 N–H and O–H groups in total. The molecule has 1 heterocycles. The van der Waals surface area contributed by atoms with E-state index in [0.717, 1.165) is 5.71 Å². The molecule has 0 saturated heterocycles. The van der Waals surface area contributed by atoms with E-state index in [0.29, 0.717) is 5.88 Å². The van der Waals surface area contributed by atoms with Gasteiger partial charge in [-0.2, -0.15) is 0 Å². The number of nitrogens with zero attached hydrogens (tertiary/aromatic N) is 2. The van der Waals surface area contributed by atoms with Gasteiger partial charge in [-0.1, -0.05) is 0 Å². The lowest BCUT2D eigenvalue weighted by atomic mass is 10.2. The summed E-state index contributed by atoms with van der Waals surface area (Å²) in [7, 11) is 0. The Hall–Kier alpha value is -0.370. The molecule has 0 aromatic rings. The highest BCUT2D eigenvalue weighted by Gasteiger charge is 2.09. The molecule has 0 aliphatic carbocycles.